The van der Waals surface area contributed by atoms with Crippen LogP contribution in [0.1, 0.15) is 15.9 Å². The van der Waals surface area contributed by atoms with Crippen molar-refractivity contribution >= 4 is 29.0 Å². The predicted molar refractivity (Wildman–Crippen MR) is 70.9 cm³/mol. The molecule has 2 rings (SSSR count). The maximum Gasteiger partial charge on any atom is 0.170 e. The van der Waals surface area contributed by atoms with Crippen LogP contribution in [0.5, 0.6) is 0 Å². The van der Waals surface area contributed by atoms with Crippen molar-refractivity contribution in [3.63, 3.8) is 0 Å². The van der Waals surface area contributed by atoms with Gasteiger partial charge in [0.2, 0.25) is 0 Å². The Labute approximate surface area is 118 Å². The molecule has 0 unspecified atom stereocenters. The van der Waals surface area contributed by atoms with Crippen LogP contribution < -0.4 is 0 Å². The summed E-state index contributed by atoms with van der Waals surface area (Å²) in [7, 11) is 0. The number of benzene rings is 2. The van der Waals surface area contributed by atoms with Crippen molar-refractivity contribution in [1.82, 2.24) is 0 Å². The monoisotopic (exact) mass is 300 g/mol. The lowest BCUT2D eigenvalue weighted by Crippen LogP contribution is -2.06. The van der Waals surface area contributed by atoms with E-state index >= 15 is 0 Å². The Hall–Kier alpha value is -1.45. The van der Waals surface area contributed by atoms with Gasteiger partial charge in [-0.15, -0.1) is 0 Å². The maximum atomic E-state index is 13.0. The van der Waals surface area contributed by atoms with Gasteiger partial charge in [0.05, 0.1) is 15.6 Å². The average molecular weight is 301 g/mol. The summed E-state index contributed by atoms with van der Waals surface area (Å²) < 4.78 is 26.1. The fourth-order valence-electron chi connectivity index (χ4n) is 1.75. The summed E-state index contributed by atoms with van der Waals surface area (Å²) in [6, 6.07) is 7.64. The van der Waals surface area contributed by atoms with E-state index < -0.39 is 11.6 Å². The number of hydrogen-bond donors (Lipinski definition) is 0. The van der Waals surface area contributed by atoms with E-state index in [4.69, 9.17) is 23.2 Å². The van der Waals surface area contributed by atoms with Crippen LogP contribution in [0.3, 0.4) is 0 Å². The lowest BCUT2D eigenvalue weighted by Gasteiger charge is -2.06. The van der Waals surface area contributed by atoms with E-state index in [1.807, 2.05) is 0 Å². The van der Waals surface area contributed by atoms with Crippen molar-refractivity contribution in [2.75, 3.05) is 0 Å². The highest BCUT2D eigenvalue weighted by molar-refractivity contribution is 6.39. The topological polar surface area (TPSA) is 17.1 Å². The smallest absolute Gasteiger partial charge is 0.170 e. The van der Waals surface area contributed by atoms with Gasteiger partial charge >= 0.3 is 0 Å². The number of rotatable bonds is 3. The SMILES string of the molecule is O=C(Cc1cc(F)cc(F)c1)c1c(Cl)cccc1Cl. The quantitative estimate of drug-likeness (QED) is 0.751. The summed E-state index contributed by atoms with van der Waals surface area (Å²) in [5.41, 5.74) is 0.397. The Morgan fingerprint density at radius 3 is 2.05 bits per heavy atom. The Morgan fingerprint density at radius 1 is 1.00 bits per heavy atom. The van der Waals surface area contributed by atoms with Crippen LogP contribution in [0.15, 0.2) is 36.4 Å². The standard InChI is InChI=1S/C14H8Cl2F2O/c15-11-2-1-3-12(16)14(11)13(19)6-8-4-9(17)7-10(18)5-8/h1-5,7H,6H2. The molecule has 0 aliphatic carbocycles. The number of carbonyl (C=O) groups excluding carboxylic acids is 1. The fourth-order valence-corrected chi connectivity index (χ4v) is 2.36. The molecule has 19 heavy (non-hydrogen) atoms. The van der Waals surface area contributed by atoms with E-state index in [1.165, 1.54) is 12.1 Å². The van der Waals surface area contributed by atoms with Gasteiger partial charge in [0.25, 0.3) is 0 Å². The molecule has 1 nitrogen and oxygen atoms in total. The van der Waals surface area contributed by atoms with Crippen LogP contribution in [-0.4, -0.2) is 5.78 Å². The molecule has 2 aromatic carbocycles. The van der Waals surface area contributed by atoms with Crippen molar-refractivity contribution in [2.45, 2.75) is 6.42 Å². The van der Waals surface area contributed by atoms with Gasteiger partial charge in [-0.2, -0.15) is 0 Å². The Balaban J connectivity index is 2.31. The maximum absolute atomic E-state index is 13.0. The Kier molecular flexibility index (Phi) is 4.17. The highest BCUT2D eigenvalue weighted by Crippen LogP contribution is 2.26. The van der Waals surface area contributed by atoms with Crippen LogP contribution in [0.4, 0.5) is 8.78 Å². The molecule has 5 heteroatoms. The van der Waals surface area contributed by atoms with Gasteiger partial charge in [-0.05, 0) is 29.8 Å². The van der Waals surface area contributed by atoms with Crippen molar-refractivity contribution in [1.29, 1.82) is 0 Å². The fraction of sp³-hybridized carbons (Fsp3) is 0.0714. The van der Waals surface area contributed by atoms with E-state index in [1.54, 1.807) is 6.07 Å². The van der Waals surface area contributed by atoms with Gasteiger partial charge in [0.1, 0.15) is 11.6 Å². The first kappa shape index (κ1) is 14.0. The zero-order chi connectivity index (χ0) is 14.0. The normalized spacial score (nSPS) is 10.5. The molecule has 2 aromatic rings. The molecule has 0 aromatic heterocycles. The van der Waals surface area contributed by atoms with Crippen LogP contribution in [-0.2, 0) is 6.42 Å². The van der Waals surface area contributed by atoms with E-state index in [9.17, 15) is 13.6 Å². The zero-order valence-electron chi connectivity index (χ0n) is 9.59. The number of hydrogen-bond acceptors (Lipinski definition) is 1. The third-order valence-electron chi connectivity index (χ3n) is 2.53. The average Bonchev–Trinajstić information content (AvgIpc) is 2.26. The van der Waals surface area contributed by atoms with Gasteiger partial charge in [0, 0.05) is 12.5 Å². The Morgan fingerprint density at radius 2 is 1.53 bits per heavy atom. The molecule has 0 fully saturated rings. The second-order valence-electron chi connectivity index (χ2n) is 3.97. The predicted octanol–water partition coefficient (Wildman–Crippen LogP) is 4.70. The van der Waals surface area contributed by atoms with E-state index in [-0.39, 0.29) is 33.4 Å². The third-order valence-corrected chi connectivity index (χ3v) is 3.16. The van der Waals surface area contributed by atoms with E-state index in [2.05, 4.69) is 0 Å². The molecule has 0 amide bonds. The first-order chi connectivity index (χ1) is 8.97. The number of ketones is 1. The van der Waals surface area contributed by atoms with Crippen molar-refractivity contribution in [2.24, 2.45) is 0 Å². The summed E-state index contributed by atoms with van der Waals surface area (Å²) in [6.45, 7) is 0. The van der Waals surface area contributed by atoms with Crippen molar-refractivity contribution < 1.29 is 13.6 Å². The van der Waals surface area contributed by atoms with Crippen LogP contribution >= 0.6 is 23.2 Å². The molecule has 0 saturated heterocycles. The molecule has 98 valence electrons. The molecule has 0 aliphatic heterocycles. The number of Topliss-reactive ketones (excluding diaryl/α,β-unsaturated/α-hetero) is 1. The summed E-state index contributed by atoms with van der Waals surface area (Å²) in [5, 5.41) is 0.434. The third kappa shape index (κ3) is 3.31. The Bertz CT molecular complexity index is 601. The van der Waals surface area contributed by atoms with Gasteiger partial charge in [-0.1, -0.05) is 29.3 Å². The van der Waals surface area contributed by atoms with Gasteiger partial charge < -0.3 is 0 Å². The molecule has 0 spiro atoms. The van der Waals surface area contributed by atoms with E-state index in [0.717, 1.165) is 18.2 Å². The molecule has 0 heterocycles. The molecule has 0 atom stereocenters. The lowest BCUT2D eigenvalue weighted by atomic mass is 10.0. The largest absolute Gasteiger partial charge is 0.294 e. The molecule has 0 saturated carbocycles. The van der Waals surface area contributed by atoms with Gasteiger partial charge in [-0.3, -0.25) is 4.79 Å². The van der Waals surface area contributed by atoms with Crippen LogP contribution in [0, 0.1) is 11.6 Å². The molecule has 0 bridgehead atoms. The summed E-state index contributed by atoms with van der Waals surface area (Å²) in [4.78, 5) is 12.1. The number of halogens is 4. The first-order valence-corrected chi connectivity index (χ1v) is 6.15. The minimum atomic E-state index is -0.729. The summed E-state index contributed by atoms with van der Waals surface area (Å²) >= 11 is 11.8. The zero-order valence-corrected chi connectivity index (χ0v) is 11.1. The highest BCUT2D eigenvalue weighted by atomic mass is 35.5. The summed E-state index contributed by atoms with van der Waals surface area (Å²) in [6.07, 6.45) is -0.169. The molecule has 0 radical (unpaired) electrons. The molecular weight excluding hydrogens is 293 g/mol. The minimum absolute atomic E-state index is 0.163. The minimum Gasteiger partial charge on any atom is -0.294 e. The van der Waals surface area contributed by atoms with Gasteiger partial charge in [-0.25, -0.2) is 8.78 Å². The van der Waals surface area contributed by atoms with E-state index in [0.29, 0.717) is 0 Å². The highest BCUT2D eigenvalue weighted by Gasteiger charge is 2.15. The lowest BCUT2D eigenvalue weighted by molar-refractivity contribution is 0.0993. The van der Waals surface area contributed by atoms with Crippen LogP contribution in [0.25, 0.3) is 0 Å². The van der Waals surface area contributed by atoms with Gasteiger partial charge in [0.15, 0.2) is 5.78 Å². The molecular formula is C14H8Cl2F2O. The first-order valence-electron chi connectivity index (χ1n) is 5.39. The van der Waals surface area contributed by atoms with Crippen molar-refractivity contribution in [3.05, 3.63) is 69.2 Å². The summed E-state index contributed by atoms with van der Waals surface area (Å²) in [5.74, 6) is -1.85. The second kappa shape index (κ2) is 5.68. The number of carbonyl (C=O) groups is 1. The molecule has 0 N–H and O–H groups in total. The van der Waals surface area contributed by atoms with Crippen LogP contribution in [0.2, 0.25) is 10.0 Å². The second-order valence-corrected chi connectivity index (χ2v) is 4.79. The van der Waals surface area contributed by atoms with Crippen molar-refractivity contribution in [3.8, 4) is 0 Å². The molecule has 0 aliphatic rings.